The van der Waals surface area contributed by atoms with E-state index in [1.165, 1.54) is 12.8 Å². The number of rotatable bonds is 1. The lowest BCUT2D eigenvalue weighted by Crippen LogP contribution is -2.18. The highest BCUT2D eigenvalue weighted by atomic mass is 16.6. The van der Waals surface area contributed by atoms with E-state index in [1.807, 2.05) is 6.07 Å². The van der Waals surface area contributed by atoms with Gasteiger partial charge >= 0.3 is 6.09 Å². The quantitative estimate of drug-likeness (QED) is 0.743. The summed E-state index contributed by atoms with van der Waals surface area (Å²) < 4.78 is 4.85. The van der Waals surface area contributed by atoms with Gasteiger partial charge < -0.3 is 10.1 Å². The van der Waals surface area contributed by atoms with Crippen LogP contribution in [0.2, 0.25) is 0 Å². The van der Waals surface area contributed by atoms with Crippen LogP contribution in [0.5, 0.6) is 0 Å². The number of hydrogen-bond donors (Lipinski definition) is 1. The van der Waals surface area contributed by atoms with Crippen molar-refractivity contribution in [3.05, 3.63) is 29.6 Å². The molecule has 1 amide bonds. The molecule has 4 nitrogen and oxygen atoms in total. The highest BCUT2D eigenvalue weighted by Gasteiger charge is 2.24. The first-order valence-corrected chi connectivity index (χ1v) is 5.71. The van der Waals surface area contributed by atoms with Gasteiger partial charge in [0.05, 0.1) is 6.04 Å². The zero-order valence-corrected chi connectivity index (χ0v) is 9.27. The van der Waals surface area contributed by atoms with Crippen LogP contribution in [0.3, 0.4) is 0 Å². The van der Waals surface area contributed by atoms with Crippen LogP contribution in [0.25, 0.3) is 0 Å². The first kappa shape index (κ1) is 10.2. The Morgan fingerprint density at radius 2 is 2.29 bits per heavy atom. The molecule has 1 unspecified atom stereocenters. The minimum Gasteiger partial charge on any atom is -0.447 e. The van der Waals surface area contributed by atoms with E-state index in [0.29, 0.717) is 12.5 Å². The highest BCUT2D eigenvalue weighted by molar-refractivity contribution is 5.70. The summed E-state index contributed by atoms with van der Waals surface area (Å²) in [5, 5.41) is 2.73. The Morgan fingerprint density at radius 1 is 1.41 bits per heavy atom. The Hall–Kier alpha value is -2.02. The molecule has 86 valence electrons. The second-order valence-corrected chi connectivity index (χ2v) is 4.35. The number of carbonyl (C=O) groups is 1. The first-order valence-electron chi connectivity index (χ1n) is 5.71. The van der Waals surface area contributed by atoms with E-state index in [2.05, 4.69) is 22.1 Å². The molecule has 0 aromatic carbocycles. The molecule has 17 heavy (non-hydrogen) atoms. The summed E-state index contributed by atoms with van der Waals surface area (Å²) in [5.41, 5.74) is 1.84. The molecule has 1 saturated heterocycles. The van der Waals surface area contributed by atoms with Gasteiger partial charge in [-0.25, -0.2) is 4.79 Å². The van der Waals surface area contributed by atoms with E-state index in [4.69, 9.17) is 4.74 Å². The third-order valence-corrected chi connectivity index (χ3v) is 2.83. The van der Waals surface area contributed by atoms with Gasteiger partial charge in [0.1, 0.15) is 6.61 Å². The molecule has 2 heterocycles. The molecular formula is C13H12N2O2. The Morgan fingerprint density at radius 3 is 3.00 bits per heavy atom. The van der Waals surface area contributed by atoms with Crippen molar-refractivity contribution in [3.63, 3.8) is 0 Å². The summed E-state index contributed by atoms with van der Waals surface area (Å²) >= 11 is 0. The van der Waals surface area contributed by atoms with Crippen LogP contribution in [0.15, 0.2) is 18.5 Å². The van der Waals surface area contributed by atoms with E-state index in [-0.39, 0.29) is 12.1 Å². The van der Waals surface area contributed by atoms with Crippen molar-refractivity contribution < 1.29 is 9.53 Å². The van der Waals surface area contributed by atoms with E-state index in [1.54, 1.807) is 12.4 Å². The number of carbonyl (C=O) groups excluding carboxylic acids is 1. The van der Waals surface area contributed by atoms with E-state index < -0.39 is 0 Å². The number of amides is 1. The lowest BCUT2D eigenvalue weighted by atomic mass is 10.1. The Labute approximate surface area is 99.4 Å². The first-order chi connectivity index (χ1) is 8.31. The third-order valence-electron chi connectivity index (χ3n) is 2.83. The van der Waals surface area contributed by atoms with Crippen molar-refractivity contribution in [3.8, 4) is 11.8 Å². The lowest BCUT2D eigenvalue weighted by Gasteiger charge is -2.06. The van der Waals surface area contributed by atoms with E-state index in [0.717, 1.165) is 11.1 Å². The molecule has 1 saturated carbocycles. The van der Waals surface area contributed by atoms with Crippen LogP contribution >= 0.6 is 0 Å². The largest absolute Gasteiger partial charge is 0.447 e. The van der Waals surface area contributed by atoms with Crippen LogP contribution in [-0.2, 0) is 4.74 Å². The molecule has 1 aliphatic heterocycles. The zero-order chi connectivity index (χ0) is 11.7. The number of hydrogen-bond acceptors (Lipinski definition) is 3. The molecule has 1 N–H and O–H groups in total. The fraction of sp³-hybridized carbons (Fsp3) is 0.385. The maximum atomic E-state index is 11.0. The molecule has 1 aromatic heterocycles. The van der Waals surface area contributed by atoms with Crippen LogP contribution in [-0.4, -0.2) is 17.7 Å². The van der Waals surface area contributed by atoms with Gasteiger partial charge in [-0.05, 0) is 24.5 Å². The van der Waals surface area contributed by atoms with Gasteiger partial charge in [0.2, 0.25) is 0 Å². The number of pyridine rings is 1. The Bertz CT molecular complexity index is 512. The van der Waals surface area contributed by atoms with Gasteiger partial charge in [0, 0.05) is 23.9 Å². The molecule has 3 rings (SSSR count). The molecule has 0 bridgehead atoms. The maximum absolute atomic E-state index is 11.0. The van der Waals surface area contributed by atoms with Crippen molar-refractivity contribution in [1.29, 1.82) is 0 Å². The molecule has 4 heteroatoms. The number of aromatic nitrogens is 1. The second kappa shape index (κ2) is 4.10. The number of alkyl carbamates (subject to hydrolysis) is 1. The van der Waals surface area contributed by atoms with E-state index in [9.17, 15) is 4.79 Å². The summed E-state index contributed by atoms with van der Waals surface area (Å²) in [4.78, 5) is 15.1. The average Bonchev–Trinajstić information content (AvgIpc) is 3.08. The predicted molar refractivity (Wildman–Crippen MR) is 61.1 cm³/mol. The minimum absolute atomic E-state index is 0.0994. The van der Waals surface area contributed by atoms with Crippen molar-refractivity contribution in [2.45, 2.75) is 18.9 Å². The van der Waals surface area contributed by atoms with Crippen molar-refractivity contribution >= 4 is 6.09 Å². The summed E-state index contributed by atoms with van der Waals surface area (Å²) in [7, 11) is 0. The van der Waals surface area contributed by atoms with Gasteiger partial charge in [-0.3, -0.25) is 4.98 Å². The normalized spacial score (nSPS) is 22.4. The fourth-order valence-electron chi connectivity index (χ4n) is 1.69. The number of nitrogens with one attached hydrogen (secondary N) is 1. The highest BCUT2D eigenvalue weighted by Crippen LogP contribution is 2.27. The Balaban J connectivity index is 1.79. The second-order valence-electron chi connectivity index (χ2n) is 4.35. The molecule has 0 radical (unpaired) electrons. The summed E-state index contributed by atoms with van der Waals surface area (Å²) in [6, 6.07) is 1.86. The maximum Gasteiger partial charge on any atom is 0.407 e. The van der Waals surface area contributed by atoms with Crippen LogP contribution in [0.4, 0.5) is 4.79 Å². The third kappa shape index (κ3) is 2.39. The topological polar surface area (TPSA) is 51.2 Å². The molecule has 2 fully saturated rings. The molecule has 1 aliphatic carbocycles. The molecule has 2 aliphatic rings. The summed E-state index contributed by atoms with van der Waals surface area (Å²) in [6.07, 6.45) is 5.54. The summed E-state index contributed by atoms with van der Waals surface area (Å²) in [6.45, 7) is 0.361. The van der Waals surface area contributed by atoms with Gasteiger partial charge in [0.15, 0.2) is 0 Å². The SMILES string of the molecule is O=C1NC(c2cncc(C#CC3CC3)c2)CO1. The van der Waals surface area contributed by atoms with Crippen molar-refractivity contribution in [2.24, 2.45) is 5.92 Å². The van der Waals surface area contributed by atoms with Crippen LogP contribution in [0, 0.1) is 17.8 Å². The minimum atomic E-state index is -0.371. The fourth-order valence-corrected chi connectivity index (χ4v) is 1.69. The summed E-state index contributed by atoms with van der Waals surface area (Å²) in [5.74, 6) is 6.88. The number of nitrogens with zero attached hydrogens (tertiary/aromatic N) is 1. The van der Waals surface area contributed by atoms with Gasteiger partial charge in [-0.2, -0.15) is 0 Å². The Kier molecular flexibility index (Phi) is 2.45. The molecule has 1 aromatic rings. The van der Waals surface area contributed by atoms with Gasteiger partial charge in [-0.15, -0.1) is 0 Å². The van der Waals surface area contributed by atoms with E-state index >= 15 is 0 Å². The van der Waals surface area contributed by atoms with Gasteiger partial charge in [0.25, 0.3) is 0 Å². The number of cyclic esters (lactones) is 1. The lowest BCUT2D eigenvalue weighted by molar-refractivity contribution is 0.177. The van der Waals surface area contributed by atoms with Crippen LogP contribution < -0.4 is 5.32 Å². The standard InChI is InChI=1S/C13H12N2O2/c16-13-15-12(8-17-13)11-5-10(6-14-7-11)4-3-9-1-2-9/h5-7,9,12H,1-2,8H2,(H,15,16). The van der Waals surface area contributed by atoms with Gasteiger partial charge in [-0.1, -0.05) is 11.8 Å². The van der Waals surface area contributed by atoms with Crippen molar-refractivity contribution in [2.75, 3.05) is 6.61 Å². The monoisotopic (exact) mass is 228 g/mol. The van der Waals surface area contributed by atoms with Crippen LogP contribution in [0.1, 0.15) is 30.0 Å². The average molecular weight is 228 g/mol. The van der Waals surface area contributed by atoms with Crippen molar-refractivity contribution in [1.82, 2.24) is 10.3 Å². The molecule has 1 atom stereocenters. The number of ether oxygens (including phenoxy) is 1. The molecule has 0 spiro atoms. The zero-order valence-electron chi connectivity index (χ0n) is 9.27. The molecular weight excluding hydrogens is 216 g/mol. The predicted octanol–water partition coefficient (Wildman–Crippen LogP) is 1.62. The smallest absolute Gasteiger partial charge is 0.407 e.